The van der Waals surface area contributed by atoms with Gasteiger partial charge in [0.15, 0.2) is 11.5 Å². The van der Waals surface area contributed by atoms with Gasteiger partial charge in [0.2, 0.25) is 0 Å². The SMILES string of the molecule is Cc1cc(F)cc(-c2cncc3[nH]c(-c4n[nH]c5ccc(-c6cn[nH]c6)nc45)nc23)c1. The Bertz CT molecular complexity index is 1540. The minimum absolute atomic E-state index is 0.294. The molecule has 0 fully saturated rings. The van der Waals surface area contributed by atoms with Gasteiger partial charge in [0.05, 0.1) is 34.6 Å². The number of benzene rings is 1. The number of aryl methyl sites for hydroxylation is 1. The number of aromatic amines is 3. The third-order valence-electron chi connectivity index (χ3n) is 5.17. The maximum Gasteiger partial charge on any atom is 0.161 e. The van der Waals surface area contributed by atoms with Gasteiger partial charge in [0.1, 0.15) is 11.3 Å². The summed E-state index contributed by atoms with van der Waals surface area (Å²) in [6, 6.07) is 8.72. The quantitative estimate of drug-likeness (QED) is 0.400. The first-order chi connectivity index (χ1) is 15.2. The molecule has 6 aromatic rings. The number of aromatic nitrogens is 8. The van der Waals surface area contributed by atoms with Crippen molar-refractivity contribution in [2.45, 2.75) is 6.92 Å². The van der Waals surface area contributed by atoms with E-state index in [4.69, 9.17) is 9.97 Å². The molecule has 8 nitrogen and oxygen atoms in total. The smallest absolute Gasteiger partial charge is 0.161 e. The van der Waals surface area contributed by atoms with Gasteiger partial charge in [-0.3, -0.25) is 15.2 Å². The minimum atomic E-state index is -0.294. The molecule has 5 heterocycles. The van der Waals surface area contributed by atoms with Crippen molar-refractivity contribution >= 4 is 22.1 Å². The maximum atomic E-state index is 14.0. The summed E-state index contributed by atoms with van der Waals surface area (Å²) in [7, 11) is 0. The first-order valence-corrected chi connectivity index (χ1v) is 9.61. The molecule has 3 N–H and O–H groups in total. The summed E-state index contributed by atoms with van der Waals surface area (Å²) in [4.78, 5) is 17.1. The summed E-state index contributed by atoms with van der Waals surface area (Å²) in [5, 5.41) is 14.2. The summed E-state index contributed by atoms with van der Waals surface area (Å²) in [5.41, 5.74) is 7.46. The van der Waals surface area contributed by atoms with Crippen LogP contribution in [0.4, 0.5) is 4.39 Å². The number of H-pyrrole nitrogens is 3. The fourth-order valence-corrected chi connectivity index (χ4v) is 3.76. The van der Waals surface area contributed by atoms with E-state index in [1.165, 1.54) is 12.1 Å². The second kappa shape index (κ2) is 6.56. The molecule has 0 aliphatic heterocycles. The van der Waals surface area contributed by atoms with E-state index in [-0.39, 0.29) is 5.82 Å². The highest BCUT2D eigenvalue weighted by Gasteiger charge is 2.17. The molecule has 0 aliphatic carbocycles. The molecule has 0 radical (unpaired) electrons. The lowest BCUT2D eigenvalue weighted by molar-refractivity contribution is 0.627. The third kappa shape index (κ3) is 2.86. The summed E-state index contributed by atoms with van der Waals surface area (Å²) >= 11 is 0. The predicted octanol–water partition coefficient (Wildman–Crippen LogP) is 4.40. The summed E-state index contributed by atoms with van der Waals surface area (Å²) < 4.78 is 14.0. The van der Waals surface area contributed by atoms with Crippen LogP contribution in [-0.4, -0.2) is 40.3 Å². The fourth-order valence-electron chi connectivity index (χ4n) is 3.76. The number of halogens is 1. The van der Waals surface area contributed by atoms with Gasteiger partial charge in [-0.05, 0) is 42.3 Å². The first kappa shape index (κ1) is 17.5. The largest absolute Gasteiger partial charge is 0.335 e. The molecule has 0 spiro atoms. The fraction of sp³-hybridized carbons (Fsp3) is 0.0455. The number of nitrogens with one attached hydrogen (secondary N) is 3. The van der Waals surface area contributed by atoms with Crippen molar-refractivity contribution in [2.75, 3.05) is 0 Å². The Labute approximate surface area is 174 Å². The number of fused-ring (bicyclic) bond motifs is 2. The van der Waals surface area contributed by atoms with Crippen molar-refractivity contribution in [1.82, 2.24) is 40.3 Å². The monoisotopic (exact) mass is 410 g/mol. The standard InChI is InChI=1S/C22H15FN8/c1-11-4-12(6-14(23)5-11)15-9-24-10-18-19(15)29-22(28-18)21-20-17(30-31-21)3-2-16(27-20)13-7-25-26-8-13/h2-10H,1H3,(H,25,26)(H,28,29)(H,30,31). The lowest BCUT2D eigenvalue weighted by Crippen LogP contribution is -1.87. The number of pyridine rings is 2. The number of rotatable bonds is 3. The van der Waals surface area contributed by atoms with Crippen molar-refractivity contribution in [3.63, 3.8) is 0 Å². The topological polar surface area (TPSA) is 112 Å². The van der Waals surface area contributed by atoms with Crippen LogP contribution in [0.15, 0.2) is 55.1 Å². The molecule has 0 aliphatic rings. The van der Waals surface area contributed by atoms with E-state index >= 15 is 0 Å². The minimum Gasteiger partial charge on any atom is -0.335 e. The number of imidazole rings is 1. The van der Waals surface area contributed by atoms with E-state index in [0.29, 0.717) is 22.6 Å². The van der Waals surface area contributed by atoms with Gasteiger partial charge in [-0.25, -0.2) is 14.4 Å². The Morgan fingerprint density at radius 1 is 0.903 bits per heavy atom. The van der Waals surface area contributed by atoms with Gasteiger partial charge in [0.25, 0.3) is 0 Å². The van der Waals surface area contributed by atoms with Crippen LogP contribution in [-0.2, 0) is 0 Å². The predicted molar refractivity (Wildman–Crippen MR) is 114 cm³/mol. The lowest BCUT2D eigenvalue weighted by atomic mass is 10.0. The van der Waals surface area contributed by atoms with Crippen LogP contribution in [0, 0.1) is 12.7 Å². The van der Waals surface area contributed by atoms with Crippen LogP contribution in [0.25, 0.3) is 56.0 Å². The van der Waals surface area contributed by atoms with Crippen LogP contribution in [0.1, 0.15) is 5.56 Å². The zero-order chi connectivity index (χ0) is 20.9. The third-order valence-corrected chi connectivity index (χ3v) is 5.17. The molecule has 150 valence electrons. The second-order valence-electron chi connectivity index (χ2n) is 7.34. The molecule has 0 saturated heterocycles. The Hall–Kier alpha value is -4.40. The highest BCUT2D eigenvalue weighted by Crippen LogP contribution is 2.31. The van der Waals surface area contributed by atoms with Crippen molar-refractivity contribution in [1.29, 1.82) is 0 Å². The Morgan fingerprint density at radius 2 is 1.84 bits per heavy atom. The Kier molecular flexibility index (Phi) is 3.69. The van der Waals surface area contributed by atoms with Crippen molar-refractivity contribution in [3.05, 3.63) is 66.5 Å². The molecule has 0 unspecified atom stereocenters. The molecule has 6 rings (SSSR count). The van der Waals surface area contributed by atoms with E-state index in [2.05, 4.69) is 30.4 Å². The number of hydrogen-bond acceptors (Lipinski definition) is 5. The number of nitrogens with zero attached hydrogens (tertiary/aromatic N) is 5. The van der Waals surface area contributed by atoms with E-state index in [1.807, 2.05) is 25.1 Å². The van der Waals surface area contributed by atoms with E-state index in [0.717, 1.165) is 39.0 Å². The van der Waals surface area contributed by atoms with E-state index in [1.54, 1.807) is 24.8 Å². The van der Waals surface area contributed by atoms with Crippen molar-refractivity contribution in [3.8, 4) is 33.9 Å². The molecular formula is C22H15FN8. The highest BCUT2D eigenvalue weighted by atomic mass is 19.1. The van der Waals surface area contributed by atoms with Crippen molar-refractivity contribution < 1.29 is 4.39 Å². The van der Waals surface area contributed by atoms with Gasteiger partial charge in [-0.15, -0.1) is 0 Å². The first-order valence-electron chi connectivity index (χ1n) is 9.61. The van der Waals surface area contributed by atoms with Gasteiger partial charge in [-0.1, -0.05) is 6.07 Å². The van der Waals surface area contributed by atoms with Gasteiger partial charge >= 0.3 is 0 Å². The summed E-state index contributed by atoms with van der Waals surface area (Å²) in [6.45, 7) is 1.86. The van der Waals surface area contributed by atoms with E-state index < -0.39 is 0 Å². The molecule has 1 aromatic carbocycles. The van der Waals surface area contributed by atoms with Crippen LogP contribution < -0.4 is 0 Å². The molecule has 0 amide bonds. The summed E-state index contributed by atoms with van der Waals surface area (Å²) in [5.74, 6) is 0.262. The van der Waals surface area contributed by atoms with Crippen molar-refractivity contribution in [2.24, 2.45) is 0 Å². The van der Waals surface area contributed by atoms with Crippen LogP contribution in [0.5, 0.6) is 0 Å². The van der Waals surface area contributed by atoms with E-state index in [9.17, 15) is 4.39 Å². The molecule has 0 bridgehead atoms. The Morgan fingerprint density at radius 3 is 2.68 bits per heavy atom. The summed E-state index contributed by atoms with van der Waals surface area (Å²) in [6.07, 6.45) is 6.89. The van der Waals surface area contributed by atoms with Crippen LogP contribution in [0.2, 0.25) is 0 Å². The van der Waals surface area contributed by atoms with Crippen LogP contribution in [0.3, 0.4) is 0 Å². The zero-order valence-electron chi connectivity index (χ0n) is 16.3. The molecule has 0 atom stereocenters. The molecule has 31 heavy (non-hydrogen) atoms. The maximum absolute atomic E-state index is 14.0. The van der Waals surface area contributed by atoms with Crippen LogP contribution >= 0.6 is 0 Å². The molecular weight excluding hydrogens is 395 g/mol. The average Bonchev–Trinajstić information content (AvgIpc) is 3.50. The molecule has 0 saturated carbocycles. The molecule has 5 aromatic heterocycles. The normalized spacial score (nSPS) is 11.5. The highest BCUT2D eigenvalue weighted by molar-refractivity contribution is 5.95. The second-order valence-corrected chi connectivity index (χ2v) is 7.34. The number of hydrogen-bond donors (Lipinski definition) is 3. The van der Waals surface area contributed by atoms with Gasteiger partial charge < -0.3 is 4.98 Å². The average molecular weight is 410 g/mol. The molecule has 9 heteroatoms. The Balaban J connectivity index is 1.53. The van der Waals surface area contributed by atoms with Gasteiger partial charge in [-0.2, -0.15) is 10.2 Å². The van der Waals surface area contributed by atoms with Gasteiger partial charge in [0, 0.05) is 23.5 Å². The zero-order valence-corrected chi connectivity index (χ0v) is 16.3. The lowest BCUT2D eigenvalue weighted by Gasteiger charge is -2.04.